The number of hydrogen-bond acceptors (Lipinski definition) is 6. The Balaban J connectivity index is 1.47. The molecule has 0 aromatic heterocycles. The zero-order valence-corrected chi connectivity index (χ0v) is 23.7. The summed E-state index contributed by atoms with van der Waals surface area (Å²) in [6.07, 6.45) is 3.46. The van der Waals surface area contributed by atoms with Gasteiger partial charge in [-0.2, -0.15) is 0 Å². The van der Waals surface area contributed by atoms with Gasteiger partial charge in [-0.25, -0.2) is 4.39 Å². The van der Waals surface area contributed by atoms with Gasteiger partial charge in [0.05, 0.1) is 24.6 Å². The SMILES string of the molecule is COc1cc(CN(C[C@H]2CC[C@H](C(=O)O)CC2)C(C)c2ccc(Cl)c(F)c2)ccc1OCCN1C(=O)CCC1=O. The van der Waals surface area contributed by atoms with Gasteiger partial charge in [-0.3, -0.25) is 24.2 Å². The Bertz CT molecular complexity index is 1220. The Morgan fingerprint density at radius 3 is 2.42 bits per heavy atom. The fourth-order valence-corrected chi connectivity index (χ4v) is 5.67. The number of rotatable bonds is 12. The molecule has 2 aromatic carbocycles. The maximum atomic E-state index is 14.3. The van der Waals surface area contributed by atoms with Gasteiger partial charge in [0, 0.05) is 32.0 Å². The second-order valence-corrected chi connectivity index (χ2v) is 11.0. The van der Waals surface area contributed by atoms with E-state index >= 15 is 0 Å². The number of methoxy groups -OCH3 is 1. The summed E-state index contributed by atoms with van der Waals surface area (Å²) in [6.45, 7) is 3.67. The van der Waals surface area contributed by atoms with E-state index in [1.807, 2.05) is 31.2 Å². The molecule has 1 N–H and O–H groups in total. The maximum Gasteiger partial charge on any atom is 0.306 e. The first kappa shape index (κ1) is 29.8. The summed E-state index contributed by atoms with van der Waals surface area (Å²) in [5.74, 6) is -0.465. The summed E-state index contributed by atoms with van der Waals surface area (Å²) < 4.78 is 25.7. The van der Waals surface area contributed by atoms with Crippen molar-refractivity contribution in [1.82, 2.24) is 9.80 Å². The fourth-order valence-electron chi connectivity index (χ4n) is 5.55. The first-order chi connectivity index (χ1) is 19.2. The molecule has 10 heteroatoms. The highest BCUT2D eigenvalue weighted by molar-refractivity contribution is 6.30. The minimum absolute atomic E-state index is 0.0771. The van der Waals surface area contributed by atoms with E-state index in [1.165, 1.54) is 11.0 Å². The van der Waals surface area contributed by atoms with E-state index in [1.54, 1.807) is 13.2 Å². The van der Waals surface area contributed by atoms with Crippen LogP contribution in [0.15, 0.2) is 36.4 Å². The smallest absolute Gasteiger partial charge is 0.306 e. The molecule has 1 heterocycles. The van der Waals surface area contributed by atoms with Crippen LogP contribution in [0.25, 0.3) is 0 Å². The normalized spacial score (nSPS) is 20.2. The molecule has 2 amide bonds. The third-order valence-electron chi connectivity index (χ3n) is 8.00. The standard InChI is InChI=1S/C30H36ClFN2O6/c1-19(23-8-9-24(31)25(32)16-23)33(17-20-3-6-22(7-4-20)30(37)38)18-21-5-10-26(27(15-21)39-2)40-14-13-34-28(35)11-12-29(34)36/h5,8-10,15-16,19-20,22H,3-4,6-7,11-14,17-18H2,1-2H3,(H,37,38)/t19?,20-,22-. The van der Waals surface area contributed by atoms with Crippen molar-refractivity contribution >= 4 is 29.4 Å². The quantitative estimate of drug-likeness (QED) is 0.336. The number of benzene rings is 2. The number of halogens is 2. The molecule has 216 valence electrons. The monoisotopic (exact) mass is 574 g/mol. The Morgan fingerprint density at radius 1 is 1.10 bits per heavy atom. The zero-order valence-electron chi connectivity index (χ0n) is 22.9. The lowest BCUT2D eigenvalue weighted by atomic mass is 9.81. The van der Waals surface area contributed by atoms with E-state index in [2.05, 4.69) is 4.90 Å². The molecule has 8 nitrogen and oxygen atoms in total. The van der Waals surface area contributed by atoms with Gasteiger partial charge >= 0.3 is 5.97 Å². The number of carboxylic acid groups (broad SMARTS) is 1. The number of aliphatic carboxylic acids is 1. The van der Waals surface area contributed by atoms with Crippen LogP contribution in [0.3, 0.4) is 0 Å². The Labute approximate surface area is 239 Å². The third kappa shape index (κ3) is 7.31. The number of nitrogens with zero attached hydrogens (tertiary/aromatic N) is 2. The molecule has 2 fully saturated rings. The molecule has 1 saturated carbocycles. The van der Waals surface area contributed by atoms with Crippen LogP contribution in [0.2, 0.25) is 5.02 Å². The number of ether oxygens (including phenoxy) is 2. The molecule has 40 heavy (non-hydrogen) atoms. The lowest BCUT2D eigenvalue weighted by molar-refractivity contribution is -0.143. The van der Waals surface area contributed by atoms with E-state index in [0.717, 1.165) is 30.5 Å². The molecule has 1 aliphatic carbocycles. The molecular formula is C30H36ClFN2O6. The topological polar surface area (TPSA) is 96.4 Å². The highest BCUT2D eigenvalue weighted by Crippen LogP contribution is 2.34. The molecular weight excluding hydrogens is 539 g/mol. The molecule has 2 aliphatic rings. The second kappa shape index (κ2) is 13.5. The maximum absolute atomic E-state index is 14.3. The number of likely N-dealkylation sites (tertiary alicyclic amines) is 1. The van der Waals surface area contributed by atoms with Crippen molar-refractivity contribution in [3.8, 4) is 11.5 Å². The van der Waals surface area contributed by atoms with Gasteiger partial charge in [0.2, 0.25) is 11.8 Å². The summed E-state index contributed by atoms with van der Waals surface area (Å²) in [4.78, 5) is 38.6. The summed E-state index contributed by atoms with van der Waals surface area (Å²) in [5, 5.41) is 9.46. The van der Waals surface area contributed by atoms with Crippen molar-refractivity contribution in [1.29, 1.82) is 0 Å². The molecule has 1 unspecified atom stereocenters. The molecule has 0 radical (unpaired) electrons. The minimum atomic E-state index is -0.728. The van der Waals surface area contributed by atoms with Crippen LogP contribution in [0, 0.1) is 17.7 Å². The van der Waals surface area contributed by atoms with Crippen LogP contribution in [-0.4, -0.2) is 59.5 Å². The van der Waals surface area contributed by atoms with Crippen LogP contribution < -0.4 is 9.47 Å². The van der Waals surface area contributed by atoms with Crippen molar-refractivity contribution in [3.05, 3.63) is 58.4 Å². The van der Waals surface area contributed by atoms with E-state index < -0.39 is 11.8 Å². The Kier molecular flexibility index (Phi) is 10.0. The van der Waals surface area contributed by atoms with E-state index in [-0.39, 0.29) is 54.8 Å². The molecule has 0 spiro atoms. The Hall–Kier alpha value is -3.17. The molecule has 0 bridgehead atoms. The van der Waals surface area contributed by atoms with Crippen LogP contribution in [0.1, 0.15) is 62.6 Å². The van der Waals surface area contributed by atoms with Crippen molar-refractivity contribution in [2.45, 2.75) is 58.0 Å². The van der Waals surface area contributed by atoms with Crippen LogP contribution in [0.4, 0.5) is 4.39 Å². The van der Waals surface area contributed by atoms with E-state index in [0.29, 0.717) is 36.8 Å². The van der Waals surface area contributed by atoms with Crippen molar-refractivity contribution in [2.75, 3.05) is 26.8 Å². The lowest BCUT2D eigenvalue weighted by Crippen LogP contribution is -2.34. The first-order valence-corrected chi connectivity index (χ1v) is 14.1. The molecule has 1 saturated heterocycles. The third-order valence-corrected chi connectivity index (χ3v) is 8.31. The van der Waals surface area contributed by atoms with Crippen molar-refractivity contribution in [2.24, 2.45) is 11.8 Å². The molecule has 4 rings (SSSR count). The van der Waals surface area contributed by atoms with Crippen LogP contribution in [-0.2, 0) is 20.9 Å². The second-order valence-electron chi connectivity index (χ2n) is 10.6. The van der Waals surface area contributed by atoms with Gasteiger partial charge in [-0.05, 0) is 73.9 Å². The summed E-state index contributed by atoms with van der Waals surface area (Å²) in [7, 11) is 1.55. The fraction of sp³-hybridized carbons (Fsp3) is 0.500. The van der Waals surface area contributed by atoms with Gasteiger partial charge in [0.15, 0.2) is 11.5 Å². The number of carboxylic acids is 1. The predicted molar refractivity (Wildman–Crippen MR) is 148 cm³/mol. The molecule has 2 aromatic rings. The van der Waals surface area contributed by atoms with Crippen molar-refractivity contribution in [3.63, 3.8) is 0 Å². The first-order valence-electron chi connectivity index (χ1n) is 13.7. The Morgan fingerprint density at radius 2 is 1.80 bits per heavy atom. The number of carbonyl (C=O) groups excluding carboxylic acids is 2. The van der Waals surface area contributed by atoms with Gasteiger partial charge in [-0.15, -0.1) is 0 Å². The molecule has 1 atom stereocenters. The summed E-state index contributed by atoms with van der Waals surface area (Å²) in [6, 6.07) is 10.4. The summed E-state index contributed by atoms with van der Waals surface area (Å²) >= 11 is 5.93. The average molecular weight is 575 g/mol. The number of imide groups is 1. The van der Waals surface area contributed by atoms with E-state index in [9.17, 15) is 23.9 Å². The summed E-state index contributed by atoms with van der Waals surface area (Å²) in [5.41, 5.74) is 1.77. The zero-order chi connectivity index (χ0) is 28.8. The molecule has 1 aliphatic heterocycles. The number of amides is 2. The largest absolute Gasteiger partial charge is 0.493 e. The minimum Gasteiger partial charge on any atom is -0.493 e. The van der Waals surface area contributed by atoms with Gasteiger partial charge in [0.1, 0.15) is 12.4 Å². The van der Waals surface area contributed by atoms with Crippen molar-refractivity contribution < 1.29 is 33.4 Å². The van der Waals surface area contributed by atoms with E-state index in [4.69, 9.17) is 21.1 Å². The average Bonchev–Trinajstić information content (AvgIpc) is 3.27. The van der Waals surface area contributed by atoms with Gasteiger partial charge in [0.25, 0.3) is 0 Å². The number of carbonyl (C=O) groups is 3. The van der Waals surface area contributed by atoms with Crippen LogP contribution >= 0.6 is 11.6 Å². The van der Waals surface area contributed by atoms with Gasteiger partial charge in [-0.1, -0.05) is 23.7 Å². The highest BCUT2D eigenvalue weighted by atomic mass is 35.5. The lowest BCUT2D eigenvalue weighted by Gasteiger charge is -2.35. The van der Waals surface area contributed by atoms with Gasteiger partial charge < -0.3 is 14.6 Å². The predicted octanol–water partition coefficient (Wildman–Crippen LogP) is 5.47. The van der Waals surface area contributed by atoms with Crippen LogP contribution in [0.5, 0.6) is 11.5 Å². The number of hydrogen-bond donors (Lipinski definition) is 1. The highest BCUT2D eigenvalue weighted by Gasteiger charge is 2.30.